The van der Waals surface area contributed by atoms with Crippen molar-refractivity contribution in [3.05, 3.63) is 35.4 Å². The molecule has 3 unspecified atom stereocenters. The van der Waals surface area contributed by atoms with Crippen LogP contribution in [0.5, 0.6) is 0 Å². The van der Waals surface area contributed by atoms with Crippen LogP contribution in [0.1, 0.15) is 55.5 Å². The topological polar surface area (TPSA) is 43.4 Å². The van der Waals surface area contributed by atoms with Gasteiger partial charge in [-0.15, -0.1) is 0 Å². The second kappa shape index (κ2) is 4.69. The van der Waals surface area contributed by atoms with Gasteiger partial charge in [0.2, 0.25) is 0 Å². The van der Waals surface area contributed by atoms with Crippen molar-refractivity contribution in [2.45, 2.75) is 44.9 Å². The molecule has 0 amide bonds. The molecule has 3 nitrogen and oxygen atoms in total. The highest BCUT2D eigenvalue weighted by Crippen LogP contribution is 2.57. The van der Waals surface area contributed by atoms with Gasteiger partial charge in [-0.2, -0.15) is 0 Å². The number of esters is 1. The Labute approximate surface area is 125 Å². The zero-order valence-corrected chi connectivity index (χ0v) is 12.9. The van der Waals surface area contributed by atoms with Crippen LogP contribution in [0.25, 0.3) is 0 Å². The first-order valence-electron chi connectivity index (χ1n) is 7.64. The van der Waals surface area contributed by atoms with Crippen LogP contribution >= 0.6 is 0 Å². The fourth-order valence-electron chi connectivity index (χ4n) is 4.64. The van der Waals surface area contributed by atoms with Crippen molar-refractivity contribution in [2.75, 3.05) is 7.11 Å². The lowest BCUT2D eigenvalue weighted by atomic mass is 9.49. The first kappa shape index (κ1) is 14.3. The molecule has 1 saturated carbocycles. The summed E-state index contributed by atoms with van der Waals surface area (Å²) in [6.45, 7) is 4.19. The van der Waals surface area contributed by atoms with Gasteiger partial charge < -0.3 is 4.74 Å². The Balaban J connectivity index is 2.15. The fourth-order valence-corrected chi connectivity index (χ4v) is 4.64. The highest BCUT2D eigenvalue weighted by atomic mass is 16.5. The van der Waals surface area contributed by atoms with Crippen molar-refractivity contribution in [1.29, 1.82) is 0 Å². The molecule has 1 fully saturated rings. The van der Waals surface area contributed by atoms with Gasteiger partial charge >= 0.3 is 5.97 Å². The summed E-state index contributed by atoms with van der Waals surface area (Å²) in [5.41, 5.74) is 1.27. The van der Waals surface area contributed by atoms with Crippen molar-refractivity contribution in [2.24, 2.45) is 11.3 Å². The van der Waals surface area contributed by atoms with Crippen molar-refractivity contribution in [1.82, 2.24) is 0 Å². The second-order valence-corrected chi connectivity index (χ2v) is 6.91. The third-order valence-electron chi connectivity index (χ3n) is 5.81. The predicted octanol–water partition coefficient (Wildman–Crippen LogP) is 3.51. The van der Waals surface area contributed by atoms with Gasteiger partial charge in [0.25, 0.3) is 0 Å². The van der Waals surface area contributed by atoms with Crippen molar-refractivity contribution < 1.29 is 14.3 Å². The average molecular weight is 286 g/mol. The van der Waals surface area contributed by atoms with E-state index in [0.717, 1.165) is 30.4 Å². The molecule has 0 bridgehead atoms. The van der Waals surface area contributed by atoms with Crippen molar-refractivity contribution >= 4 is 11.8 Å². The largest absolute Gasteiger partial charge is 0.469 e. The first-order valence-corrected chi connectivity index (χ1v) is 7.64. The molecule has 3 rings (SSSR count). The zero-order valence-electron chi connectivity index (χ0n) is 12.9. The number of fused-ring (bicyclic) bond motifs is 3. The molecule has 0 N–H and O–H groups in total. The summed E-state index contributed by atoms with van der Waals surface area (Å²) in [5, 5.41) is 0. The molecular formula is C18H22O3. The quantitative estimate of drug-likeness (QED) is 0.742. The van der Waals surface area contributed by atoms with Gasteiger partial charge in [-0.25, -0.2) is 0 Å². The number of carbonyl (C=O) groups is 2. The van der Waals surface area contributed by atoms with Crippen LogP contribution in [0.4, 0.5) is 0 Å². The highest BCUT2D eigenvalue weighted by Gasteiger charge is 2.57. The Bertz CT molecular complexity index is 606. The molecule has 0 heterocycles. The number of carbonyl (C=O) groups excluding carboxylic acids is 2. The van der Waals surface area contributed by atoms with Gasteiger partial charge in [0, 0.05) is 12.0 Å². The van der Waals surface area contributed by atoms with Gasteiger partial charge in [-0.05, 0) is 36.7 Å². The lowest BCUT2D eigenvalue weighted by Gasteiger charge is -2.53. The van der Waals surface area contributed by atoms with Gasteiger partial charge in [0.1, 0.15) is 0 Å². The van der Waals surface area contributed by atoms with E-state index in [-0.39, 0.29) is 23.1 Å². The van der Waals surface area contributed by atoms with E-state index in [1.165, 1.54) is 7.11 Å². The number of rotatable bonds is 1. The van der Waals surface area contributed by atoms with Crippen LogP contribution in [0.3, 0.4) is 0 Å². The minimum Gasteiger partial charge on any atom is -0.469 e. The van der Waals surface area contributed by atoms with Gasteiger partial charge in [-0.3, -0.25) is 9.59 Å². The SMILES string of the molecule is COC(=O)C1(C)CCCC2(C)c3ccccc3C(=O)CC12. The Morgan fingerprint density at radius 2 is 1.95 bits per heavy atom. The molecule has 1 aromatic rings. The Kier molecular flexibility index (Phi) is 3.19. The van der Waals surface area contributed by atoms with E-state index < -0.39 is 5.41 Å². The third-order valence-corrected chi connectivity index (χ3v) is 5.81. The molecule has 0 radical (unpaired) electrons. The van der Waals surface area contributed by atoms with Crippen molar-refractivity contribution in [3.63, 3.8) is 0 Å². The Morgan fingerprint density at radius 1 is 1.24 bits per heavy atom. The molecule has 0 aromatic heterocycles. The number of Topliss-reactive ketones (excluding diaryl/α,β-unsaturated/α-hetero) is 1. The van der Waals surface area contributed by atoms with Gasteiger partial charge in [0.05, 0.1) is 12.5 Å². The fraction of sp³-hybridized carbons (Fsp3) is 0.556. The summed E-state index contributed by atoms with van der Waals surface area (Å²) in [4.78, 5) is 24.9. The van der Waals surface area contributed by atoms with Crippen LogP contribution < -0.4 is 0 Å². The molecule has 3 heteroatoms. The second-order valence-electron chi connectivity index (χ2n) is 6.91. The van der Waals surface area contributed by atoms with E-state index in [4.69, 9.17) is 4.74 Å². The first-order chi connectivity index (χ1) is 9.93. The van der Waals surface area contributed by atoms with Crippen LogP contribution in [-0.2, 0) is 14.9 Å². The number of benzene rings is 1. The lowest BCUT2D eigenvalue weighted by Crippen LogP contribution is -2.53. The molecule has 112 valence electrons. The highest BCUT2D eigenvalue weighted by molar-refractivity contribution is 6.00. The Hall–Kier alpha value is -1.64. The Morgan fingerprint density at radius 3 is 2.67 bits per heavy atom. The maximum atomic E-state index is 12.5. The number of ketones is 1. The number of hydrogen-bond acceptors (Lipinski definition) is 3. The summed E-state index contributed by atoms with van der Waals surface area (Å²) in [7, 11) is 1.44. The maximum absolute atomic E-state index is 12.5. The molecule has 3 atom stereocenters. The summed E-state index contributed by atoms with van der Waals surface area (Å²) in [6.07, 6.45) is 3.25. The number of hydrogen-bond donors (Lipinski definition) is 0. The van der Waals surface area contributed by atoms with Crippen LogP contribution in [0.15, 0.2) is 24.3 Å². The smallest absolute Gasteiger partial charge is 0.311 e. The van der Waals surface area contributed by atoms with Crippen LogP contribution in [0.2, 0.25) is 0 Å². The third kappa shape index (κ3) is 1.86. The zero-order chi connectivity index (χ0) is 15.3. The average Bonchev–Trinajstić information content (AvgIpc) is 2.49. The number of methoxy groups -OCH3 is 1. The maximum Gasteiger partial charge on any atom is 0.311 e. The molecule has 0 spiro atoms. The summed E-state index contributed by atoms with van der Waals surface area (Å²) < 4.78 is 5.06. The van der Waals surface area contributed by atoms with E-state index in [1.807, 2.05) is 25.1 Å². The minimum absolute atomic E-state index is 0.0219. The molecule has 2 aliphatic rings. The monoisotopic (exact) mass is 286 g/mol. The molecular weight excluding hydrogens is 264 g/mol. The standard InChI is InChI=1S/C18H22O3/c1-17-9-6-10-18(2,16(20)21-3)15(17)11-14(19)12-7-4-5-8-13(12)17/h4-5,7-8,15H,6,9-11H2,1-3H3. The van der Waals surface area contributed by atoms with E-state index in [1.54, 1.807) is 0 Å². The summed E-state index contributed by atoms with van der Waals surface area (Å²) >= 11 is 0. The molecule has 0 saturated heterocycles. The van der Waals surface area contributed by atoms with Crippen LogP contribution in [0, 0.1) is 11.3 Å². The van der Waals surface area contributed by atoms with Gasteiger partial charge in [-0.1, -0.05) is 37.6 Å². The predicted molar refractivity (Wildman–Crippen MR) is 80.2 cm³/mol. The molecule has 1 aromatic carbocycles. The van der Waals surface area contributed by atoms with E-state index in [0.29, 0.717) is 6.42 Å². The number of ether oxygens (including phenoxy) is 1. The lowest BCUT2D eigenvalue weighted by molar-refractivity contribution is -0.160. The van der Waals surface area contributed by atoms with Crippen LogP contribution in [-0.4, -0.2) is 18.9 Å². The normalized spacial score (nSPS) is 34.8. The molecule has 2 aliphatic carbocycles. The molecule has 21 heavy (non-hydrogen) atoms. The minimum atomic E-state index is -0.565. The van der Waals surface area contributed by atoms with Gasteiger partial charge in [0.15, 0.2) is 5.78 Å². The summed E-state index contributed by atoms with van der Waals surface area (Å²) in [6, 6.07) is 7.89. The van der Waals surface area contributed by atoms with Crippen molar-refractivity contribution in [3.8, 4) is 0 Å². The van der Waals surface area contributed by atoms with E-state index >= 15 is 0 Å². The van der Waals surface area contributed by atoms with E-state index in [2.05, 4.69) is 13.0 Å². The summed E-state index contributed by atoms with van der Waals surface area (Å²) in [5.74, 6) is 0.00399. The molecule has 0 aliphatic heterocycles. The van der Waals surface area contributed by atoms with E-state index in [9.17, 15) is 9.59 Å².